The predicted molar refractivity (Wildman–Crippen MR) is 152 cm³/mol. The second-order valence-corrected chi connectivity index (χ2v) is 10.0. The van der Waals surface area contributed by atoms with Gasteiger partial charge in [-0.1, -0.05) is 72.5 Å². The number of carbonyl (C=O) groups excluding carboxylic acids is 1. The maximum atomic E-state index is 13.3. The van der Waals surface area contributed by atoms with Crippen molar-refractivity contribution in [2.75, 3.05) is 6.61 Å². The Morgan fingerprint density at radius 2 is 1.79 bits per heavy atom. The first-order chi connectivity index (χ1) is 18.4. The fraction of sp³-hybridized carbons (Fsp3) is 0.107. The van der Waals surface area contributed by atoms with Gasteiger partial charge >= 0.3 is 5.69 Å². The molecule has 38 heavy (non-hydrogen) atoms. The van der Waals surface area contributed by atoms with Crippen molar-refractivity contribution >= 4 is 46.0 Å². The molecule has 5 rings (SSSR count). The van der Waals surface area contributed by atoms with Crippen molar-refractivity contribution in [3.05, 3.63) is 111 Å². The molecule has 0 aliphatic carbocycles. The number of nitro benzene ring substituents is 1. The Kier molecular flexibility index (Phi) is 7.34. The minimum Gasteiger partial charge on any atom is -0.487 e. The van der Waals surface area contributed by atoms with Crippen LogP contribution in [-0.2, 0) is 11.3 Å². The largest absolute Gasteiger partial charge is 0.487 e. The highest BCUT2D eigenvalue weighted by Crippen LogP contribution is 2.37. The zero-order chi connectivity index (χ0) is 26.6. The molecule has 0 spiro atoms. The number of thioether (sulfide) groups is 1. The van der Waals surface area contributed by atoms with Crippen LogP contribution in [0.1, 0.15) is 18.1 Å². The topological polar surface area (TPSA) is 90.5 Å². The van der Waals surface area contributed by atoms with Crippen molar-refractivity contribution < 1.29 is 14.5 Å². The normalized spacial score (nSPS) is 14.3. The van der Waals surface area contributed by atoms with Gasteiger partial charge in [-0.15, -0.1) is 0 Å². The molecular formula is C28H22N4O4S2. The molecule has 1 aliphatic rings. The molecule has 190 valence electrons. The summed E-state index contributed by atoms with van der Waals surface area (Å²) in [5.74, 6) is -0.00739. The number of aromatic nitrogens is 2. The van der Waals surface area contributed by atoms with Crippen molar-refractivity contribution in [2.45, 2.75) is 13.5 Å². The molecule has 1 aromatic heterocycles. The number of rotatable bonds is 8. The van der Waals surface area contributed by atoms with E-state index in [1.54, 1.807) is 40.9 Å². The fourth-order valence-corrected chi connectivity index (χ4v) is 5.30. The number of para-hydroxylation sites is 1. The second kappa shape index (κ2) is 11.0. The van der Waals surface area contributed by atoms with Gasteiger partial charge in [-0.25, -0.2) is 4.68 Å². The van der Waals surface area contributed by atoms with Crippen LogP contribution in [0.15, 0.2) is 90.0 Å². The summed E-state index contributed by atoms with van der Waals surface area (Å²) < 4.78 is 7.60. The monoisotopic (exact) mass is 542 g/mol. The summed E-state index contributed by atoms with van der Waals surface area (Å²) in [5, 5.41) is 16.5. The van der Waals surface area contributed by atoms with Gasteiger partial charge in [0.1, 0.15) is 10.0 Å². The molecule has 1 fully saturated rings. The van der Waals surface area contributed by atoms with E-state index in [1.165, 1.54) is 17.8 Å². The average Bonchev–Trinajstić information content (AvgIpc) is 3.46. The molecule has 0 bridgehead atoms. The van der Waals surface area contributed by atoms with Crippen LogP contribution >= 0.6 is 24.0 Å². The maximum Gasteiger partial charge on any atom is 0.311 e. The van der Waals surface area contributed by atoms with Crippen LogP contribution in [0, 0.1) is 10.1 Å². The molecule has 1 amide bonds. The number of nitro groups is 1. The second-order valence-electron chi connectivity index (χ2n) is 8.34. The molecule has 1 saturated heterocycles. The number of benzene rings is 3. The van der Waals surface area contributed by atoms with E-state index in [1.807, 2.05) is 60.7 Å². The van der Waals surface area contributed by atoms with Crippen molar-refractivity contribution in [2.24, 2.45) is 0 Å². The third-order valence-electron chi connectivity index (χ3n) is 5.84. The smallest absolute Gasteiger partial charge is 0.311 e. The standard InChI is InChI=1S/C28H22N4O4S2/c1-2-36-24-14-13-20(15-23(24)32(34)35)26-21(18-31(29-26)22-11-7-4-8-12-22)16-25-27(33)30(28(37)38-25)17-19-9-5-3-6-10-19/h3-16,18H,2,17H2,1H3/b25-16-. The fourth-order valence-electron chi connectivity index (χ4n) is 4.06. The molecule has 0 atom stereocenters. The third-order valence-corrected chi connectivity index (χ3v) is 7.21. The third kappa shape index (κ3) is 5.22. The van der Waals surface area contributed by atoms with Gasteiger partial charge in [-0.3, -0.25) is 19.8 Å². The number of carbonyl (C=O) groups is 1. The summed E-state index contributed by atoms with van der Waals surface area (Å²) in [5.41, 5.74) is 3.29. The van der Waals surface area contributed by atoms with Crippen LogP contribution in [0.25, 0.3) is 23.0 Å². The summed E-state index contributed by atoms with van der Waals surface area (Å²) in [7, 11) is 0. The first-order valence-electron chi connectivity index (χ1n) is 11.8. The van der Waals surface area contributed by atoms with Gasteiger partial charge in [0.05, 0.1) is 28.7 Å². The molecule has 10 heteroatoms. The number of hydrogen-bond acceptors (Lipinski definition) is 7. The van der Waals surface area contributed by atoms with Gasteiger partial charge in [0, 0.05) is 23.4 Å². The van der Waals surface area contributed by atoms with Crippen LogP contribution < -0.4 is 4.74 Å². The Bertz CT molecular complexity index is 1550. The zero-order valence-corrected chi connectivity index (χ0v) is 21.9. The minimum absolute atomic E-state index is 0.154. The maximum absolute atomic E-state index is 13.3. The van der Waals surface area contributed by atoms with E-state index in [9.17, 15) is 14.9 Å². The molecule has 2 heterocycles. The van der Waals surface area contributed by atoms with E-state index in [-0.39, 0.29) is 17.3 Å². The van der Waals surface area contributed by atoms with E-state index in [4.69, 9.17) is 22.1 Å². The van der Waals surface area contributed by atoms with Gasteiger partial charge in [0.25, 0.3) is 5.91 Å². The van der Waals surface area contributed by atoms with Gasteiger partial charge in [0.15, 0.2) is 5.75 Å². The molecule has 1 aliphatic heterocycles. The van der Waals surface area contributed by atoms with Crippen molar-refractivity contribution in [3.63, 3.8) is 0 Å². The van der Waals surface area contributed by atoms with Gasteiger partial charge in [-0.05, 0) is 42.8 Å². The Hall–Kier alpha value is -4.28. The molecule has 0 N–H and O–H groups in total. The lowest BCUT2D eigenvalue weighted by Crippen LogP contribution is -2.27. The van der Waals surface area contributed by atoms with Gasteiger partial charge in [0.2, 0.25) is 0 Å². The SMILES string of the molecule is CCOc1ccc(-c2nn(-c3ccccc3)cc2/C=C2\SC(=S)N(Cc3ccccc3)C2=O)cc1[N+](=O)[O-]. The first kappa shape index (κ1) is 25.4. The minimum atomic E-state index is -0.475. The Labute approximate surface area is 228 Å². The van der Waals surface area contributed by atoms with Crippen LogP contribution in [0.4, 0.5) is 5.69 Å². The van der Waals surface area contributed by atoms with E-state index < -0.39 is 4.92 Å². The summed E-state index contributed by atoms with van der Waals surface area (Å²) in [6.07, 6.45) is 3.55. The zero-order valence-electron chi connectivity index (χ0n) is 20.3. The highest BCUT2D eigenvalue weighted by Gasteiger charge is 2.32. The first-order valence-corrected chi connectivity index (χ1v) is 13.0. The number of thiocarbonyl (C=S) groups is 1. The Balaban J connectivity index is 1.57. The Morgan fingerprint density at radius 3 is 2.47 bits per heavy atom. The van der Waals surface area contributed by atoms with E-state index in [0.717, 1.165) is 11.3 Å². The molecule has 0 saturated carbocycles. The molecular weight excluding hydrogens is 520 g/mol. The highest BCUT2D eigenvalue weighted by molar-refractivity contribution is 8.26. The number of hydrogen-bond donors (Lipinski definition) is 0. The molecule has 8 nitrogen and oxygen atoms in total. The van der Waals surface area contributed by atoms with E-state index >= 15 is 0 Å². The number of nitrogens with zero attached hydrogens (tertiary/aromatic N) is 4. The van der Waals surface area contributed by atoms with E-state index in [0.29, 0.717) is 39.2 Å². The van der Waals surface area contributed by atoms with Gasteiger partial charge in [-0.2, -0.15) is 5.10 Å². The molecule has 4 aromatic rings. The molecule has 0 unspecified atom stereocenters. The van der Waals surface area contributed by atoms with Crippen LogP contribution in [0.2, 0.25) is 0 Å². The number of amides is 1. The number of ether oxygens (including phenoxy) is 1. The summed E-state index contributed by atoms with van der Waals surface area (Å²) >= 11 is 6.75. The van der Waals surface area contributed by atoms with Crippen LogP contribution in [0.5, 0.6) is 5.75 Å². The van der Waals surface area contributed by atoms with Gasteiger partial charge < -0.3 is 4.74 Å². The molecule has 0 radical (unpaired) electrons. The predicted octanol–water partition coefficient (Wildman–Crippen LogP) is 6.25. The summed E-state index contributed by atoms with van der Waals surface area (Å²) in [4.78, 5) is 26.6. The lowest BCUT2D eigenvalue weighted by Gasteiger charge is -2.14. The summed E-state index contributed by atoms with van der Waals surface area (Å²) in [6.45, 7) is 2.45. The van der Waals surface area contributed by atoms with Crippen molar-refractivity contribution in [1.29, 1.82) is 0 Å². The quantitative estimate of drug-likeness (QED) is 0.113. The van der Waals surface area contributed by atoms with Crippen LogP contribution in [-0.4, -0.2) is 36.4 Å². The lowest BCUT2D eigenvalue weighted by atomic mass is 10.1. The van der Waals surface area contributed by atoms with E-state index in [2.05, 4.69) is 0 Å². The van der Waals surface area contributed by atoms with Crippen LogP contribution in [0.3, 0.4) is 0 Å². The average molecular weight is 543 g/mol. The molecule has 3 aromatic carbocycles. The van der Waals surface area contributed by atoms with Crippen molar-refractivity contribution in [1.82, 2.24) is 14.7 Å². The Morgan fingerprint density at radius 1 is 1.08 bits per heavy atom. The summed E-state index contributed by atoms with van der Waals surface area (Å²) in [6, 6.07) is 23.9. The van der Waals surface area contributed by atoms with Crippen molar-refractivity contribution in [3.8, 4) is 22.7 Å². The lowest BCUT2D eigenvalue weighted by molar-refractivity contribution is -0.385. The highest BCUT2D eigenvalue weighted by atomic mass is 32.2.